The summed E-state index contributed by atoms with van der Waals surface area (Å²) in [5, 5.41) is 6.30. The molecular formula is C16H22N2O2. The Balaban J connectivity index is 1.68. The lowest BCUT2D eigenvalue weighted by molar-refractivity contribution is -0.123. The highest BCUT2D eigenvalue weighted by molar-refractivity contribution is 5.78. The Hall–Kier alpha value is -1.55. The number of nitrogens with one attached hydrogen (secondary N) is 2. The van der Waals surface area contributed by atoms with Crippen LogP contribution in [0.5, 0.6) is 5.75 Å². The normalized spacial score (nSPS) is 21.1. The molecule has 0 aromatic heterocycles. The zero-order valence-electron chi connectivity index (χ0n) is 11.9. The molecule has 20 heavy (non-hydrogen) atoms. The Labute approximate surface area is 119 Å². The lowest BCUT2D eigenvalue weighted by atomic mass is 9.87. The number of hydrogen-bond donors (Lipinski definition) is 2. The van der Waals surface area contributed by atoms with E-state index >= 15 is 0 Å². The summed E-state index contributed by atoms with van der Waals surface area (Å²) in [6.45, 7) is 0.122. The van der Waals surface area contributed by atoms with Crippen molar-refractivity contribution in [2.45, 2.75) is 44.2 Å². The molecule has 0 bridgehead atoms. The van der Waals surface area contributed by atoms with Crippen molar-refractivity contribution in [3.05, 3.63) is 29.3 Å². The minimum absolute atomic E-state index is 0.00826. The number of amides is 1. The zero-order valence-corrected chi connectivity index (χ0v) is 11.9. The maximum absolute atomic E-state index is 11.7. The second kappa shape index (κ2) is 5.83. The Bertz CT molecular complexity index is 497. The summed E-state index contributed by atoms with van der Waals surface area (Å²) in [5.74, 6) is 0.861. The Morgan fingerprint density at radius 3 is 2.95 bits per heavy atom. The molecule has 108 valence electrons. The van der Waals surface area contributed by atoms with Crippen LogP contribution in [0.2, 0.25) is 0 Å². The molecule has 0 spiro atoms. The van der Waals surface area contributed by atoms with Gasteiger partial charge >= 0.3 is 0 Å². The maximum Gasteiger partial charge on any atom is 0.258 e. The third-order valence-electron chi connectivity index (χ3n) is 4.11. The van der Waals surface area contributed by atoms with Gasteiger partial charge in [-0.3, -0.25) is 4.79 Å². The lowest BCUT2D eigenvalue weighted by Crippen LogP contribution is -2.31. The molecule has 1 amide bonds. The second-order valence-corrected chi connectivity index (χ2v) is 5.69. The number of rotatable bonds is 5. The van der Waals surface area contributed by atoms with E-state index in [1.165, 1.54) is 11.1 Å². The summed E-state index contributed by atoms with van der Waals surface area (Å²) in [6.07, 6.45) is 5.57. The molecule has 1 aromatic carbocycles. The van der Waals surface area contributed by atoms with Gasteiger partial charge in [0.1, 0.15) is 5.75 Å². The summed E-state index contributed by atoms with van der Waals surface area (Å²) < 4.78 is 5.75. The first kappa shape index (κ1) is 13.4. The molecule has 4 heteroatoms. The average Bonchev–Trinajstić information content (AvgIpc) is 3.28. The molecule has 1 fully saturated rings. The molecule has 1 atom stereocenters. The third-order valence-corrected chi connectivity index (χ3v) is 4.11. The van der Waals surface area contributed by atoms with Crippen molar-refractivity contribution in [2.24, 2.45) is 0 Å². The molecule has 4 nitrogen and oxygen atoms in total. The van der Waals surface area contributed by atoms with Gasteiger partial charge in [-0.15, -0.1) is 0 Å². The van der Waals surface area contributed by atoms with Crippen LogP contribution in [0.3, 0.4) is 0 Å². The second-order valence-electron chi connectivity index (χ2n) is 5.69. The number of ether oxygens (including phenoxy) is 1. The molecule has 2 N–H and O–H groups in total. The molecular weight excluding hydrogens is 252 g/mol. The van der Waals surface area contributed by atoms with Crippen LogP contribution in [0.25, 0.3) is 0 Å². The molecule has 0 radical (unpaired) electrons. The van der Waals surface area contributed by atoms with Crippen LogP contribution in [0, 0.1) is 0 Å². The summed E-state index contributed by atoms with van der Waals surface area (Å²) in [6, 6.07) is 6.95. The van der Waals surface area contributed by atoms with Crippen LogP contribution in [-0.4, -0.2) is 25.6 Å². The van der Waals surface area contributed by atoms with E-state index in [0.29, 0.717) is 12.1 Å². The summed E-state index contributed by atoms with van der Waals surface area (Å²) >= 11 is 0. The molecule has 1 unspecified atom stereocenters. The van der Waals surface area contributed by atoms with Gasteiger partial charge in [-0.25, -0.2) is 0 Å². The number of hydrogen-bond acceptors (Lipinski definition) is 3. The summed E-state index contributed by atoms with van der Waals surface area (Å²) in [7, 11) is 2.00. The fourth-order valence-electron chi connectivity index (χ4n) is 2.89. The molecule has 2 aliphatic rings. The first-order valence-electron chi connectivity index (χ1n) is 7.49. The number of fused-ring (bicyclic) bond motifs is 1. The van der Waals surface area contributed by atoms with Crippen LogP contribution < -0.4 is 15.4 Å². The summed E-state index contributed by atoms with van der Waals surface area (Å²) in [4.78, 5) is 11.7. The fourth-order valence-corrected chi connectivity index (χ4v) is 2.89. The van der Waals surface area contributed by atoms with Gasteiger partial charge < -0.3 is 15.4 Å². The molecule has 3 rings (SSSR count). The topological polar surface area (TPSA) is 50.4 Å². The Morgan fingerprint density at radius 2 is 2.20 bits per heavy atom. The summed E-state index contributed by atoms with van der Waals surface area (Å²) in [5.41, 5.74) is 2.58. The standard InChI is InChI=1S/C16H22N2O2/c1-17-14-6-2-5-13-12(14)4-3-7-15(13)20-10-16(19)18-11-8-9-11/h3-4,7,11,14,17H,2,5-6,8-10H2,1H3,(H,18,19). The third kappa shape index (κ3) is 2.96. The van der Waals surface area contributed by atoms with Crippen molar-refractivity contribution in [3.8, 4) is 5.75 Å². The maximum atomic E-state index is 11.7. The van der Waals surface area contributed by atoms with E-state index in [4.69, 9.17) is 4.74 Å². The van der Waals surface area contributed by atoms with Gasteiger partial charge in [0.15, 0.2) is 6.61 Å². The van der Waals surface area contributed by atoms with Crippen LogP contribution in [0.4, 0.5) is 0 Å². The molecule has 0 saturated heterocycles. The number of carbonyl (C=O) groups is 1. The van der Waals surface area contributed by atoms with Gasteiger partial charge in [0.2, 0.25) is 0 Å². The van der Waals surface area contributed by atoms with Crippen molar-refractivity contribution in [1.29, 1.82) is 0 Å². The van der Waals surface area contributed by atoms with Gasteiger partial charge in [-0.2, -0.15) is 0 Å². The molecule has 0 heterocycles. The first-order chi connectivity index (χ1) is 9.78. The van der Waals surface area contributed by atoms with E-state index in [-0.39, 0.29) is 12.5 Å². The Morgan fingerprint density at radius 1 is 1.35 bits per heavy atom. The average molecular weight is 274 g/mol. The van der Waals surface area contributed by atoms with Gasteiger partial charge in [0.05, 0.1) is 0 Å². The molecule has 1 saturated carbocycles. The van der Waals surface area contributed by atoms with Gasteiger partial charge in [-0.05, 0) is 56.3 Å². The fraction of sp³-hybridized carbons (Fsp3) is 0.562. The number of benzene rings is 1. The lowest BCUT2D eigenvalue weighted by Gasteiger charge is -2.26. The smallest absolute Gasteiger partial charge is 0.258 e. The molecule has 2 aliphatic carbocycles. The first-order valence-corrected chi connectivity index (χ1v) is 7.49. The highest BCUT2D eigenvalue weighted by Gasteiger charge is 2.24. The van der Waals surface area contributed by atoms with Crippen molar-refractivity contribution in [3.63, 3.8) is 0 Å². The largest absolute Gasteiger partial charge is 0.483 e. The van der Waals surface area contributed by atoms with Crippen LogP contribution >= 0.6 is 0 Å². The minimum Gasteiger partial charge on any atom is -0.483 e. The molecule has 0 aliphatic heterocycles. The van der Waals surface area contributed by atoms with E-state index in [1.54, 1.807) is 0 Å². The number of carbonyl (C=O) groups excluding carboxylic acids is 1. The van der Waals surface area contributed by atoms with Gasteiger partial charge in [0.25, 0.3) is 5.91 Å². The van der Waals surface area contributed by atoms with E-state index in [2.05, 4.69) is 16.7 Å². The Kier molecular flexibility index (Phi) is 3.92. The van der Waals surface area contributed by atoms with Crippen LogP contribution in [0.15, 0.2) is 18.2 Å². The van der Waals surface area contributed by atoms with Crippen LogP contribution in [0.1, 0.15) is 42.9 Å². The van der Waals surface area contributed by atoms with E-state index in [0.717, 1.165) is 37.9 Å². The highest BCUT2D eigenvalue weighted by atomic mass is 16.5. The predicted octanol–water partition coefficient (Wildman–Crippen LogP) is 1.94. The van der Waals surface area contributed by atoms with E-state index in [9.17, 15) is 4.79 Å². The van der Waals surface area contributed by atoms with Gasteiger partial charge in [0, 0.05) is 12.1 Å². The van der Waals surface area contributed by atoms with E-state index < -0.39 is 0 Å². The van der Waals surface area contributed by atoms with Crippen molar-refractivity contribution in [1.82, 2.24) is 10.6 Å². The SMILES string of the molecule is CNC1CCCc2c(OCC(=O)NC3CC3)cccc21. The van der Waals surface area contributed by atoms with Crippen molar-refractivity contribution >= 4 is 5.91 Å². The quantitative estimate of drug-likeness (QED) is 0.862. The van der Waals surface area contributed by atoms with Crippen molar-refractivity contribution in [2.75, 3.05) is 13.7 Å². The predicted molar refractivity (Wildman–Crippen MR) is 77.8 cm³/mol. The highest BCUT2D eigenvalue weighted by Crippen LogP contribution is 2.35. The molecule has 1 aromatic rings. The zero-order chi connectivity index (χ0) is 13.9. The monoisotopic (exact) mass is 274 g/mol. The van der Waals surface area contributed by atoms with E-state index in [1.807, 2.05) is 19.2 Å². The minimum atomic E-state index is -0.00826. The van der Waals surface area contributed by atoms with Crippen molar-refractivity contribution < 1.29 is 9.53 Å². The van der Waals surface area contributed by atoms with Gasteiger partial charge in [-0.1, -0.05) is 12.1 Å². The van der Waals surface area contributed by atoms with Crippen LogP contribution in [-0.2, 0) is 11.2 Å².